The summed E-state index contributed by atoms with van der Waals surface area (Å²) in [6.45, 7) is 0. The van der Waals surface area contributed by atoms with Crippen LogP contribution in [0.1, 0.15) is 55.5 Å². The van der Waals surface area contributed by atoms with Crippen LogP contribution in [0.25, 0.3) is 110 Å². The highest BCUT2D eigenvalue weighted by atomic mass is 35.5. The van der Waals surface area contributed by atoms with Crippen molar-refractivity contribution in [3.63, 3.8) is 0 Å². The third kappa shape index (κ3) is 13.0. The molecule has 0 bridgehead atoms. The van der Waals surface area contributed by atoms with Crippen molar-refractivity contribution in [2.45, 2.75) is 10.8 Å². The maximum Gasteiger partial charge on any atom is 0.0714 e. The first-order valence-electron chi connectivity index (χ1n) is 43.6. The zero-order valence-corrected chi connectivity index (χ0v) is 64.5. The summed E-state index contributed by atoms with van der Waals surface area (Å²) in [7, 11) is 0. The van der Waals surface area contributed by atoms with E-state index in [4.69, 9.17) is 17.1 Å². The number of benzene rings is 20. The smallest absolute Gasteiger partial charge is 0.0714 e. The fourth-order valence-corrected chi connectivity index (χ4v) is 18.1. The van der Waals surface area contributed by atoms with Gasteiger partial charge in [0, 0.05) is 33.5 Å². The summed E-state index contributed by atoms with van der Waals surface area (Å²) in [6, 6.07) is 146. The first-order chi connectivity index (χ1) is 61.3. The van der Waals surface area contributed by atoms with Crippen LogP contribution >= 0.6 is 11.6 Å². The van der Waals surface area contributed by atoms with E-state index in [2.05, 4.69) is 290 Å². The van der Waals surface area contributed by atoms with E-state index in [1.54, 1.807) is 0 Å². The van der Waals surface area contributed by atoms with Gasteiger partial charge in [-0.3, -0.25) is 0 Å². The maximum atomic E-state index is 9.87. The van der Waals surface area contributed by atoms with E-state index in [0.29, 0.717) is 11.1 Å². The third-order valence-corrected chi connectivity index (χ3v) is 23.4. The van der Waals surface area contributed by atoms with Gasteiger partial charge in [0.2, 0.25) is 0 Å². The van der Waals surface area contributed by atoms with Gasteiger partial charge in [-0.05, 0) is 239 Å². The molecule has 0 amide bonds. The van der Waals surface area contributed by atoms with Gasteiger partial charge in [-0.15, -0.1) is 0 Å². The SMILES string of the molecule is [2H]c1c([2H])c(-c2cc3ccccc3c3ccccc23)c([2H])c([2H])c1Cl.[2H]c1c([2H])c(N(c2ccc(-c3ccccc3)cc2)c2ccc3c(c2)C(c2ccccc2)(c2ccccc2)c2ccccc2-3)c([2H])c([2H])c1-c1cc2ccccc2c2ccccc12.c1ccc(-c2ccc(Nc3ccc4c(c3)C(c3ccccc3)(c3ccccc3)c3ccccc3-4)cc2)cc1. The summed E-state index contributed by atoms with van der Waals surface area (Å²) >= 11 is 5.95. The molecular formula is C114H79ClN2. The zero-order valence-electron chi connectivity index (χ0n) is 71.7. The Morgan fingerprint density at radius 1 is 0.214 bits per heavy atom. The van der Waals surface area contributed by atoms with Crippen molar-refractivity contribution in [2.75, 3.05) is 10.2 Å². The lowest BCUT2D eigenvalue weighted by molar-refractivity contribution is 0.768. The van der Waals surface area contributed by atoms with Gasteiger partial charge < -0.3 is 10.2 Å². The first kappa shape index (κ1) is 62.8. The Hall–Kier alpha value is -14.7. The summed E-state index contributed by atoms with van der Waals surface area (Å²) in [5, 5.41) is 11.4. The van der Waals surface area contributed by atoms with Gasteiger partial charge in [0.15, 0.2) is 0 Å². The number of anilines is 5. The molecule has 0 fully saturated rings. The van der Waals surface area contributed by atoms with Crippen LogP contribution in [-0.2, 0) is 10.8 Å². The number of nitrogens with zero attached hydrogens (tertiary/aromatic N) is 1. The van der Waals surface area contributed by atoms with E-state index in [0.717, 1.165) is 105 Å². The monoisotopic (exact) mass is 1520 g/mol. The molecule has 0 aromatic heterocycles. The van der Waals surface area contributed by atoms with Crippen molar-refractivity contribution < 1.29 is 11.0 Å². The number of nitrogens with one attached hydrogen (secondary N) is 1. The largest absolute Gasteiger partial charge is 0.356 e. The third-order valence-electron chi connectivity index (χ3n) is 23.2. The lowest BCUT2D eigenvalue weighted by atomic mass is 9.67. The van der Waals surface area contributed by atoms with Crippen molar-refractivity contribution in [3.8, 4) is 66.8 Å². The Morgan fingerprint density at radius 2 is 0.538 bits per heavy atom. The molecule has 20 aromatic carbocycles. The van der Waals surface area contributed by atoms with Crippen LogP contribution in [0.2, 0.25) is 5.02 Å². The van der Waals surface area contributed by atoms with Gasteiger partial charge in [0.05, 0.1) is 21.8 Å². The van der Waals surface area contributed by atoms with Crippen molar-refractivity contribution in [2.24, 2.45) is 0 Å². The highest BCUT2D eigenvalue weighted by molar-refractivity contribution is 6.30. The van der Waals surface area contributed by atoms with Crippen molar-refractivity contribution in [3.05, 3.63) is 523 Å². The molecule has 2 aliphatic rings. The van der Waals surface area contributed by atoms with E-state index in [1.165, 1.54) is 50.1 Å². The van der Waals surface area contributed by atoms with Crippen LogP contribution in [0.4, 0.5) is 28.4 Å². The predicted octanol–water partition coefficient (Wildman–Crippen LogP) is 30.9. The molecule has 2 nitrogen and oxygen atoms in total. The summed E-state index contributed by atoms with van der Waals surface area (Å²) in [5.41, 5.74) is 23.7. The minimum atomic E-state index is -0.678. The van der Waals surface area contributed by atoms with Crippen LogP contribution in [0.5, 0.6) is 0 Å². The van der Waals surface area contributed by atoms with Crippen LogP contribution in [-0.4, -0.2) is 0 Å². The van der Waals surface area contributed by atoms with Crippen LogP contribution in [0.3, 0.4) is 0 Å². The molecule has 0 saturated carbocycles. The first-order valence-corrected chi connectivity index (χ1v) is 39.9. The molecule has 0 saturated heterocycles. The molecule has 1 N–H and O–H groups in total. The standard InChI is InChI=1S/C57H39N.C37H27N.C20H13Cl/c1-4-16-40(17-5-1)41-28-32-46(33-29-41)58(47-34-30-42(31-35-47)54-38-43-18-10-11-23-49(43)50-24-12-13-25-51(50)54)48-36-37-53-52-26-14-15-27-55(52)57(56(53)39-48,44-19-6-2-7-20-44)45-21-8-3-9-22-45;1-4-12-27(13-5-1)28-20-22-31(23-21-28)38-32-24-25-34-33-18-10-11-19-35(33)37(36(34)26-32,29-14-6-2-7-15-29)30-16-8-3-9-17-30;21-16-11-9-14(10-12-16)20-13-15-5-1-2-6-17(15)18-7-3-4-8-19(18)20/h1-39H;1-26,38H;1-13H/i30D,31D,34D,35D;;9D,10D,11D,12D. The summed E-state index contributed by atoms with van der Waals surface area (Å²) in [5.74, 6) is 0. The molecule has 0 aliphatic heterocycles. The number of halogens is 1. The zero-order chi connectivity index (χ0) is 85.0. The highest BCUT2D eigenvalue weighted by Gasteiger charge is 2.48. The second-order valence-electron chi connectivity index (χ2n) is 29.7. The van der Waals surface area contributed by atoms with Crippen LogP contribution < -0.4 is 10.2 Å². The van der Waals surface area contributed by atoms with Gasteiger partial charge in [0.1, 0.15) is 0 Å². The van der Waals surface area contributed by atoms with Crippen molar-refractivity contribution in [1.82, 2.24) is 0 Å². The fourth-order valence-electron chi connectivity index (χ4n) is 18.0. The second-order valence-corrected chi connectivity index (χ2v) is 30.0. The Bertz CT molecular complexity index is 7390. The highest BCUT2D eigenvalue weighted by Crippen LogP contribution is 2.59. The van der Waals surface area contributed by atoms with E-state index in [-0.39, 0.29) is 75.6 Å². The molecule has 0 atom stereocenters. The average molecular weight is 1520 g/mol. The molecule has 552 valence electrons. The average Bonchev–Trinajstić information content (AvgIpc) is 1.55. The maximum absolute atomic E-state index is 9.87. The van der Waals surface area contributed by atoms with Crippen LogP contribution in [0.15, 0.2) is 473 Å². The van der Waals surface area contributed by atoms with Crippen molar-refractivity contribution >= 4 is 83.1 Å². The van der Waals surface area contributed by atoms with Gasteiger partial charge in [-0.2, -0.15) is 0 Å². The molecule has 20 aromatic rings. The summed E-state index contributed by atoms with van der Waals surface area (Å²) < 4.78 is 71.9. The predicted molar refractivity (Wildman–Crippen MR) is 495 cm³/mol. The molecular weight excluding hydrogens is 1430 g/mol. The van der Waals surface area contributed by atoms with Gasteiger partial charge in [0.25, 0.3) is 0 Å². The van der Waals surface area contributed by atoms with E-state index in [1.807, 2.05) is 144 Å². The number of rotatable bonds is 13. The minimum Gasteiger partial charge on any atom is -0.356 e. The lowest BCUT2D eigenvalue weighted by Crippen LogP contribution is -2.28. The van der Waals surface area contributed by atoms with Crippen molar-refractivity contribution in [1.29, 1.82) is 0 Å². The molecule has 2 aliphatic carbocycles. The lowest BCUT2D eigenvalue weighted by Gasteiger charge is -2.35. The quantitative estimate of drug-likeness (QED) is 0.116. The topological polar surface area (TPSA) is 15.3 Å². The molecule has 22 rings (SSSR count). The Kier molecular flexibility index (Phi) is 16.7. The van der Waals surface area contributed by atoms with E-state index < -0.39 is 5.41 Å². The molecule has 117 heavy (non-hydrogen) atoms. The van der Waals surface area contributed by atoms with E-state index in [9.17, 15) is 5.48 Å². The second kappa shape index (κ2) is 31.0. The van der Waals surface area contributed by atoms with E-state index >= 15 is 0 Å². The molecule has 0 radical (unpaired) electrons. The van der Waals surface area contributed by atoms with Gasteiger partial charge >= 0.3 is 0 Å². The van der Waals surface area contributed by atoms with Gasteiger partial charge in [-0.25, -0.2) is 0 Å². The van der Waals surface area contributed by atoms with Crippen LogP contribution in [0, 0.1) is 0 Å². The molecule has 0 spiro atoms. The molecule has 0 heterocycles. The minimum absolute atomic E-state index is 0.0937. The number of fused-ring (bicyclic) bond motifs is 12. The Labute approximate surface area is 700 Å². The van der Waals surface area contributed by atoms with Gasteiger partial charge in [-0.1, -0.05) is 400 Å². The normalized spacial score (nSPS) is 13.4. The fraction of sp³-hybridized carbons (Fsp3) is 0.0175. The Morgan fingerprint density at radius 3 is 0.991 bits per heavy atom. The summed E-state index contributed by atoms with van der Waals surface area (Å²) in [4.78, 5) is 1.92. The number of hydrogen-bond acceptors (Lipinski definition) is 2. The Balaban J connectivity index is 0.000000132. The molecule has 3 heteroatoms. The number of hydrogen-bond donors (Lipinski definition) is 1. The molecule has 0 unspecified atom stereocenters. The summed E-state index contributed by atoms with van der Waals surface area (Å²) in [6.07, 6.45) is 0.